The molecule has 0 aliphatic rings. The van der Waals surface area contributed by atoms with Crippen LogP contribution < -0.4 is 16.4 Å². The zero-order valence-corrected chi connectivity index (χ0v) is 17.8. The summed E-state index contributed by atoms with van der Waals surface area (Å²) in [5, 5.41) is 16.6. The number of pyridine rings is 1. The zero-order valence-electron chi connectivity index (χ0n) is 17.8. The maximum absolute atomic E-state index is 12.3. The Morgan fingerprint density at radius 1 is 1.03 bits per heavy atom. The number of nitrogen functional groups attached to an aromatic ring is 1. The van der Waals surface area contributed by atoms with Crippen LogP contribution in [0.1, 0.15) is 35.3 Å². The van der Waals surface area contributed by atoms with E-state index < -0.39 is 6.10 Å². The van der Waals surface area contributed by atoms with Crippen LogP contribution in [-0.2, 0) is 24.2 Å². The van der Waals surface area contributed by atoms with Gasteiger partial charge in [-0.3, -0.25) is 4.79 Å². The Morgan fingerprint density at radius 3 is 2.52 bits per heavy atom. The van der Waals surface area contributed by atoms with E-state index in [4.69, 9.17) is 5.73 Å². The summed E-state index contributed by atoms with van der Waals surface area (Å²) in [6.45, 7) is 3.04. The van der Waals surface area contributed by atoms with E-state index >= 15 is 0 Å². The number of aliphatic hydroxyl groups excluding tert-OH is 1. The molecular formula is C25H30N4O2. The van der Waals surface area contributed by atoms with Crippen molar-refractivity contribution >= 4 is 11.7 Å². The molecule has 3 aromatic rings. The number of carbonyl (C=O) groups is 1. The highest BCUT2D eigenvalue weighted by Gasteiger charge is 2.11. The first-order valence-corrected chi connectivity index (χ1v) is 10.5. The standard InChI is InChI=1S/C25H30N4O2/c1-18(27-17-23(30)22-10-11-24(26)28-16-22)12-20-8-5-9-21(13-20)14-25(31)29-15-19-6-3-2-4-7-19/h2-11,13,16,18,23,27,30H,12,14-15,17H2,1H3,(H2,26,28)(H,29,31). The summed E-state index contributed by atoms with van der Waals surface area (Å²) in [5.41, 5.74) is 9.54. The Morgan fingerprint density at radius 2 is 1.77 bits per heavy atom. The molecule has 1 aromatic heterocycles. The van der Waals surface area contributed by atoms with Crippen molar-refractivity contribution in [1.29, 1.82) is 0 Å². The molecule has 2 aromatic carbocycles. The van der Waals surface area contributed by atoms with Gasteiger partial charge in [0.05, 0.1) is 12.5 Å². The molecule has 3 rings (SSSR count). The van der Waals surface area contributed by atoms with Gasteiger partial charge >= 0.3 is 0 Å². The fraction of sp³-hybridized carbons (Fsp3) is 0.280. The molecule has 0 fully saturated rings. The molecule has 5 N–H and O–H groups in total. The van der Waals surface area contributed by atoms with Crippen molar-refractivity contribution < 1.29 is 9.90 Å². The monoisotopic (exact) mass is 418 g/mol. The van der Waals surface area contributed by atoms with Gasteiger partial charge in [-0.2, -0.15) is 0 Å². The Bertz CT molecular complexity index is 961. The number of aromatic nitrogens is 1. The van der Waals surface area contributed by atoms with Crippen LogP contribution >= 0.6 is 0 Å². The topological polar surface area (TPSA) is 100 Å². The van der Waals surface area contributed by atoms with Crippen LogP contribution in [0.2, 0.25) is 0 Å². The van der Waals surface area contributed by atoms with Crippen LogP contribution in [0.15, 0.2) is 72.9 Å². The third kappa shape index (κ3) is 7.51. The van der Waals surface area contributed by atoms with Crippen molar-refractivity contribution in [2.24, 2.45) is 0 Å². The lowest BCUT2D eigenvalue weighted by Crippen LogP contribution is -2.32. The van der Waals surface area contributed by atoms with Crippen molar-refractivity contribution in [3.05, 3.63) is 95.2 Å². The van der Waals surface area contributed by atoms with E-state index in [9.17, 15) is 9.90 Å². The van der Waals surface area contributed by atoms with E-state index in [0.717, 1.165) is 28.7 Å². The molecule has 31 heavy (non-hydrogen) atoms. The molecular weight excluding hydrogens is 388 g/mol. The summed E-state index contributed by atoms with van der Waals surface area (Å²) < 4.78 is 0. The minimum atomic E-state index is -0.643. The van der Waals surface area contributed by atoms with Gasteiger partial charge in [-0.1, -0.05) is 60.7 Å². The third-order valence-electron chi connectivity index (χ3n) is 5.08. The minimum Gasteiger partial charge on any atom is -0.387 e. The lowest BCUT2D eigenvalue weighted by Gasteiger charge is -2.18. The van der Waals surface area contributed by atoms with E-state index in [2.05, 4.69) is 34.7 Å². The Hall–Kier alpha value is -3.22. The van der Waals surface area contributed by atoms with Crippen molar-refractivity contribution in [1.82, 2.24) is 15.6 Å². The summed E-state index contributed by atoms with van der Waals surface area (Å²) in [6.07, 6.45) is 2.10. The van der Waals surface area contributed by atoms with E-state index in [-0.39, 0.29) is 11.9 Å². The lowest BCUT2D eigenvalue weighted by atomic mass is 10.0. The maximum atomic E-state index is 12.3. The first-order valence-electron chi connectivity index (χ1n) is 10.5. The number of hydrogen-bond acceptors (Lipinski definition) is 5. The van der Waals surface area contributed by atoms with Gasteiger partial charge in [0.1, 0.15) is 5.82 Å². The van der Waals surface area contributed by atoms with Gasteiger partial charge in [-0.25, -0.2) is 4.98 Å². The molecule has 0 saturated heterocycles. The van der Waals surface area contributed by atoms with E-state index in [1.807, 2.05) is 42.5 Å². The molecule has 0 saturated carbocycles. The van der Waals surface area contributed by atoms with E-state index in [0.29, 0.717) is 25.3 Å². The number of rotatable bonds is 10. The summed E-state index contributed by atoms with van der Waals surface area (Å²) in [4.78, 5) is 16.3. The number of benzene rings is 2. The smallest absolute Gasteiger partial charge is 0.224 e. The molecule has 162 valence electrons. The average molecular weight is 419 g/mol. The molecule has 0 bridgehead atoms. The second-order valence-electron chi connectivity index (χ2n) is 7.80. The van der Waals surface area contributed by atoms with Gasteiger partial charge in [0.15, 0.2) is 0 Å². The van der Waals surface area contributed by atoms with Gasteiger partial charge in [0.2, 0.25) is 5.91 Å². The minimum absolute atomic E-state index is 0.00686. The second kappa shape index (κ2) is 11.2. The molecule has 1 amide bonds. The van der Waals surface area contributed by atoms with Crippen LogP contribution in [-0.4, -0.2) is 28.6 Å². The summed E-state index contributed by atoms with van der Waals surface area (Å²) in [6, 6.07) is 21.6. The van der Waals surface area contributed by atoms with Crippen LogP contribution in [0.3, 0.4) is 0 Å². The number of amides is 1. The Balaban J connectivity index is 1.45. The summed E-state index contributed by atoms with van der Waals surface area (Å²) >= 11 is 0. The predicted molar refractivity (Wildman–Crippen MR) is 123 cm³/mol. The van der Waals surface area contributed by atoms with Gasteiger partial charge in [0, 0.05) is 30.9 Å². The SMILES string of the molecule is CC(Cc1cccc(CC(=O)NCc2ccccc2)c1)NCC(O)c1ccc(N)nc1. The van der Waals surface area contributed by atoms with E-state index in [1.165, 1.54) is 0 Å². The van der Waals surface area contributed by atoms with Gasteiger partial charge in [0.25, 0.3) is 0 Å². The summed E-state index contributed by atoms with van der Waals surface area (Å²) in [7, 11) is 0. The molecule has 6 nitrogen and oxygen atoms in total. The highest BCUT2D eigenvalue weighted by atomic mass is 16.3. The van der Waals surface area contributed by atoms with Crippen molar-refractivity contribution in [2.45, 2.75) is 38.5 Å². The molecule has 0 aliphatic heterocycles. The first-order chi connectivity index (χ1) is 15.0. The van der Waals surface area contributed by atoms with Crippen LogP contribution in [0.5, 0.6) is 0 Å². The van der Waals surface area contributed by atoms with Crippen LogP contribution in [0.25, 0.3) is 0 Å². The number of hydrogen-bond donors (Lipinski definition) is 4. The largest absolute Gasteiger partial charge is 0.387 e. The average Bonchev–Trinajstić information content (AvgIpc) is 2.77. The summed E-state index contributed by atoms with van der Waals surface area (Å²) in [5.74, 6) is 0.443. The van der Waals surface area contributed by atoms with Gasteiger partial charge in [-0.15, -0.1) is 0 Å². The molecule has 0 aliphatic carbocycles. The first kappa shape index (κ1) is 22.5. The maximum Gasteiger partial charge on any atom is 0.224 e. The Labute approximate surface area is 183 Å². The van der Waals surface area contributed by atoms with Gasteiger partial charge in [-0.05, 0) is 36.1 Å². The number of nitrogens with zero attached hydrogens (tertiary/aromatic N) is 1. The highest BCUT2D eigenvalue weighted by molar-refractivity contribution is 5.78. The molecule has 2 unspecified atom stereocenters. The van der Waals surface area contributed by atoms with E-state index in [1.54, 1.807) is 18.3 Å². The lowest BCUT2D eigenvalue weighted by molar-refractivity contribution is -0.120. The fourth-order valence-electron chi connectivity index (χ4n) is 3.38. The van der Waals surface area contributed by atoms with Crippen molar-refractivity contribution in [2.75, 3.05) is 12.3 Å². The molecule has 2 atom stereocenters. The van der Waals surface area contributed by atoms with Crippen molar-refractivity contribution in [3.8, 4) is 0 Å². The Kier molecular flexibility index (Phi) is 8.15. The van der Waals surface area contributed by atoms with Crippen molar-refractivity contribution in [3.63, 3.8) is 0 Å². The zero-order chi connectivity index (χ0) is 22.1. The molecule has 0 radical (unpaired) electrons. The number of nitrogens with one attached hydrogen (secondary N) is 2. The van der Waals surface area contributed by atoms with Crippen LogP contribution in [0.4, 0.5) is 5.82 Å². The molecule has 6 heteroatoms. The second-order valence-corrected chi connectivity index (χ2v) is 7.80. The number of carbonyl (C=O) groups excluding carboxylic acids is 1. The molecule has 0 spiro atoms. The quantitative estimate of drug-likeness (QED) is 0.406. The molecule has 1 heterocycles. The third-order valence-corrected chi connectivity index (χ3v) is 5.08. The van der Waals surface area contributed by atoms with Gasteiger partial charge < -0.3 is 21.5 Å². The number of anilines is 1. The number of nitrogens with two attached hydrogens (primary N) is 1. The predicted octanol–water partition coefficient (Wildman–Crippen LogP) is 2.78. The number of aliphatic hydroxyl groups is 1. The normalized spacial score (nSPS) is 12.8. The van der Waals surface area contributed by atoms with Crippen LogP contribution in [0, 0.1) is 0 Å². The highest BCUT2D eigenvalue weighted by Crippen LogP contribution is 2.13. The fourth-order valence-corrected chi connectivity index (χ4v) is 3.38.